The quantitative estimate of drug-likeness (QED) is 0.710. The van der Waals surface area contributed by atoms with Gasteiger partial charge in [-0.05, 0) is 24.1 Å². The number of nitrogens with zero attached hydrogens (tertiary/aromatic N) is 1. The molecule has 0 fully saturated rings. The van der Waals surface area contributed by atoms with Crippen molar-refractivity contribution in [2.24, 2.45) is 0 Å². The molecule has 0 aromatic heterocycles. The third-order valence-corrected chi connectivity index (χ3v) is 3.04. The van der Waals surface area contributed by atoms with E-state index in [9.17, 15) is 4.79 Å². The molecule has 1 amide bonds. The van der Waals surface area contributed by atoms with Gasteiger partial charge >= 0.3 is 0 Å². The molecule has 0 aliphatic heterocycles. The molecule has 1 aromatic rings. The Hall–Kier alpha value is -1.58. The number of hydrogen-bond acceptors (Lipinski definition) is 2. The van der Waals surface area contributed by atoms with Gasteiger partial charge in [0.2, 0.25) is 5.91 Å². The number of halogens is 1. The topological polar surface area (TPSA) is 32.3 Å². The Balaban J connectivity index is 2.29. The Bertz CT molecular complexity index is 432. The maximum Gasteiger partial charge on any atom is 0.234 e. The fraction of sp³-hybridized carbons (Fsp3) is 0.312. The highest BCUT2D eigenvalue weighted by Gasteiger charge is 2.07. The van der Waals surface area contributed by atoms with Gasteiger partial charge in [0.05, 0.1) is 6.54 Å². The Morgan fingerprint density at radius 1 is 1.20 bits per heavy atom. The fourth-order valence-corrected chi connectivity index (χ4v) is 1.95. The zero-order valence-electron chi connectivity index (χ0n) is 11.6. The average Bonchev–Trinajstić information content (AvgIpc) is 2.41. The second-order valence-corrected chi connectivity index (χ2v) is 4.93. The summed E-state index contributed by atoms with van der Waals surface area (Å²) in [7, 11) is 0. The Labute approximate surface area is 125 Å². The lowest BCUT2D eigenvalue weighted by Gasteiger charge is -2.17. The smallest absolute Gasteiger partial charge is 0.234 e. The molecule has 1 rings (SSSR count). The van der Waals surface area contributed by atoms with E-state index in [2.05, 4.69) is 18.5 Å². The van der Waals surface area contributed by atoms with E-state index in [1.54, 1.807) is 12.2 Å². The molecular formula is C16H21ClN2O. The van der Waals surface area contributed by atoms with Gasteiger partial charge in [0.25, 0.3) is 0 Å². The van der Waals surface area contributed by atoms with Gasteiger partial charge in [-0.15, -0.1) is 13.2 Å². The van der Waals surface area contributed by atoms with Crippen LogP contribution in [-0.2, 0) is 11.2 Å². The minimum atomic E-state index is 0.0164. The van der Waals surface area contributed by atoms with Gasteiger partial charge < -0.3 is 5.32 Å². The average molecular weight is 293 g/mol. The molecule has 0 atom stereocenters. The van der Waals surface area contributed by atoms with Gasteiger partial charge in [-0.2, -0.15) is 0 Å². The van der Waals surface area contributed by atoms with Crippen molar-refractivity contribution in [1.82, 2.24) is 10.2 Å². The fourth-order valence-electron chi connectivity index (χ4n) is 1.83. The lowest BCUT2D eigenvalue weighted by molar-refractivity contribution is -0.121. The van der Waals surface area contributed by atoms with Gasteiger partial charge in [-0.3, -0.25) is 9.69 Å². The second-order valence-electron chi connectivity index (χ2n) is 4.50. The molecular weight excluding hydrogens is 272 g/mol. The first-order valence-corrected chi connectivity index (χ1v) is 6.98. The van der Waals surface area contributed by atoms with E-state index in [4.69, 9.17) is 11.6 Å². The van der Waals surface area contributed by atoms with E-state index < -0.39 is 0 Å². The molecule has 0 heterocycles. The minimum Gasteiger partial charge on any atom is -0.355 e. The van der Waals surface area contributed by atoms with Crippen molar-refractivity contribution < 1.29 is 4.79 Å². The van der Waals surface area contributed by atoms with Crippen LogP contribution in [0.15, 0.2) is 49.6 Å². The van der Waals surface area contributed by atoms with Crippen LogP contribution in [0.2, 0.25) is 5.02 Å². The van der Waals surface area contributed by atoms with Crippen molar-refractivity contribution in [2.45, 2.75) is 6.42 Å². The molecule has 0 aliphatic rings. The summed E-state index contributed by atoms with van der Waals surface area (Å²) in [5.41, 5.74) is 1.16. The predicted molar refractivity (Wildman–Crippen MR) is 85.0 cm³/mol. The van der Waals surface area contributed by atoms with E-state index >= 15 is 0 Å². The van der Waals surface area contributed by atoms with Gasteiger partial charge in [0.15, 0.2) is 0 Å². The van der Waals surface area contributed by atoms with E-state index in [1.807, 2.05) is 29.2 Å². The second kappa shape index (κ2) is 9.34. The van der Waals surface area contributed by atoms with Crippen molar-refractivity contribution in [3.63, 3.8) is 0 Å². The molecule has 0 saturated carbocycles. The van der Waals surface area contributed by atoms with Crippen LogP contribution in [0.4, 0.5) is 0 Å². The van der Waals surface area contributed by atoms with Crippen LogP contribution in [0.25, 0.3) is 0 Å². The van der Waals surface area contributed by atoms with Crippen molar-refractivity contribution in [3.05, 3.63) is 60.2 Å². The Morgan fingerprint density at radius 3 is 2.35 bits per heavy atom. The summed E-state index contributed by atoms with van der Waals surface area (Å²) in [5, 5.41) is 3.64. The molecule has 0 saturated heterocycles. The first-order valence-electron chi connectivity index (χ1n) is 6.61. The molecule has 0 aliphatic carbocycles. The number of nitrogens with one attached hydrogen (secondary N) is 1. The molecule has 4 heteroatoms. The number of rotatable bonds is 9. The highest BCUT2D eigenvalue weighted by molar-refractivity contribution is 6.30. The zero-order chi connectivity index (χ0) is 14.8. The molecule has 108 valence electrons. The Kier molecular flexibility index (Phi) is 7.70. The maximum atomic E-state index is 11.8. The first kappa shape index (κ1) is 16.5. The van der Waals surface area contributed by atoms with E-state index in [-0.39, 0.29) is 5.91 Å². The summed E-state index contributed by atoms with van der Waals surface area (Å²) >= 11 is 5.82. The van der Waals surface area contributed by atoms with Crippen molar-refractivity contribution >= 4 is 17.5 Å². The number of carbonyl (C=O) groups is 1. The molecule has 0 bridgehead atoms. The van der Waals surface area contributed by atoms with Crippen LogP contribution in [0.3, 0.4) is 0 Å². The summed E-state index contributed by atoms with van der Waals surface area (Å²) in [6.45, 7) is 9.70. The molecule has 3 nitrogen and oxygen atoms in total. The van der Waals surface area contributed by atoms with E-state index in [0.717, 1.165) is 17.0 Å². The van der Waals surface area contributed by atoms with Crippen LogP contribution in [0, 0.1) is 0 Å². The number of amides is 1. The standard InChI is InChI=1S/C16H21ClN2O/c1-3-11-19(12-4-2)13-16(20)18-10-9-14-5-7-15(17)8-6-14/h3-8H,1-2,9-13H2,(H,18,20). The molecule has 0 unspecified atom stereocenters. The number of benzene rings is 1. The summed E-state index contributed by atoms with van der Waals surface area (Å²) in [6, 6.07) is 7.65. The van der Waals surface area contributed by atoms with Gasteiger partial charge in [-0.1, -0.05) is 35.9 Å². The molecule has 1 N–H and O–H groups in total. The lowest BCUT2D eigenvalue weighted by Crippen LogP contribution is -2.38. The predicted octanol–water partition coefficient (Wildman–Crippen LogP) is 2.67. The molecule has 1 aromatic carbocycles. The lowest BCUT2D eigenvalue weighted by atomic mass is 10.1. The highest BCUT2D eigenvalue weighted by Crippen LogP contribution is 2.09. The van der Waals surface area contributed by atoms with Gasteiger partial charge in [0.1, 0.15) is 0 Å². The van der Waals surface area contributed by atoms with Gasteiger partial charge in [0, 0.05) is 24.7 Å². The molecule has 0 spiro atoms. The summed E-state index contributed by atoms with van der Waals surface area (Å²) in [6.07, 6.45) is 4.36. The van der Waals surface area contributed by atoms with Crippen molar-refractivity contribution in [3.8, 4) is 0 Å². The summed E-state index contributed by atoms with van der Waals surface area (Å²) in [5.74, 6) is 0.0164. The number of carbonyl (C=O) groups excluding carboxylic acids is 1. The first-order chi connectivity index (χ1) is 9.65. The highest BCUT2D eigenvalue weighted by atomic mass is 35.5. The van der Waals surface area contributed by atoms with Crippen molar-refractivity contribution in [2.75, 3.05) is 26.2 Å². The SMILES string of the molecule is C=CCN(CC=C)CC(=O)NCCc1ccc(Cl)cc1. The maximum absolute atomic E-state index is 11.8. The Morgan fingerprint density at radius 2 is 1.80 bits per heavy atom. The van der Waals surface area contributed by atoms with Crippen LogP contribution in [-0.4, -0.2) is 37.0 Å². The van der Waals surface area contributed by atoms with Crippen LogP contribution < -0.4 is 5.32 Å². The van der Waals surface area contributed by atoms with Gasteiger partial charge in [-0.25, -0.2) is 0 Å². The zero-order valence-corrected chi connectivity index (χ0v) is 12.4. The largest absolute Gasteiger partial charge is 0.355 e. The van der Waals surface area contributed by atoms with Crippen LogP contribution in [0.1, 0.15) is 5.56 Å². The minimum absolute atomic E-state index is 0.0164. The van der Waals surface area contributed by atoms with E-state index in [1.165, 1.54) is 0 Å². The monoisotopic (exact) mass is 292 g/mol. The van der Waals surface area contributed by atoms with Crippen molar-refractivity contribution in [1.29, 1.82) is 0 Å². The normalized spacial score (nSPS) is 10.3. The summed E-state index contributed by atoms with van der Waals surface area (Å²) in [4.78, 5) is 13.8. The number of hydrogen-bond donors (Lipinski definition) is 1. The van der Waals surface area contributed by atoms with Crippen LogP contribution >= 0.6 is 11.6 Å². The third-order valence-electron chi connectivity index (χ3n) is 2.79. The summed E-state index contributed by atoms with van der Waals surface area (Å²) < 4.78 is 0. The third kappa shape index (κ3) is 6.55. The van der Waals surface area contributed by atoms with Crippen LogP contribution in [0.5, 0.6) is 0 Å². The van der Waals surface area contributed by atoms with E-state index in [0.29, 0.717) is 26.2 Å². The molecule has 0 radical (unpaired) electrons. The molecule has 20 heavy (non-hydrogen) atoms.